The van der Waals surface area contributed by atoms with Gasteiger partial charge in [0.25, 0.3) is 11.8 Å². The number of ether oxygens (including phenoxy) is 3. The molecule has 0 saturated heterocycles. The van der Waals surface area contributed by atoms with Gasteiger partial charge >= 0.3 is 5.97 Å². The zero-order chi connectivity index (χ0) is 21.2. The van der Waals surface area contributed by atoms with Gasteiger partial charge in [-0.2, -0.15) is 0 Å². The number of benzene rings is 2. The van der Waals surface area contributed by atoms with Gasteiger partial charge in [0.05, 0.1) is 12.7 Å². The van der Waals surface area contributed by atoms with Crippen molar-refractivity contribution in [2.45, 2.75) is 0 Å². The summed E-state index contributed by atoms with van der Waals surface area (Å²) in [6.07, 6.45) is 1.59. The summed E-state index contributed by atoms with van der Waals surface area (Å²) >= 11 is 0. The minimum atomic E-state index is -0.677. The lowest BCUT2D eigenvalue weighted by molar-refractivity contribution is -0.119. The second-order valence-electron chi connectivity index (χ2n) is 5.75. The van der Waals surface area contributed by atoms with Crippen LogP contribution in [0.5, 0.6) is 11.5 Å². The lowest BCUT2D eigenvalue weighted by Gasteiger charge is -2.11. The van der Waals surface area contributed by atoms with Gasteiger partial charge < -0.3 is 24.8 Å². The van der Waals surface area contributed by atoms with Gasteiger partial charge in [-0.15, -0.1) is 0 Å². The lowest BCUT2D eigenvalue weighted by Crippen LogP contribution is -2.21. The van der Waals surface area contributed by atoms with Gasteiger partial charge in [-0.25, -0.2) is 4.79 Å². The third-order valence-electron chi connectivity index (χ3n) is 3.75. The fraction of sp³-hybridized carbons (Fsp3) is 0.190. The van der Waals surface area contributed by atoms with Crippen LogP contribution < -0.4 is 20.1 Å². The molecule has 8 heteroatoms. The topological polar surface area (TPSA) is 103 Å². The average molecular weight is 398 g/mol. The van der Waals surface area contributed by atoms with E-state index in [-0.39, 0.29) is 11.5 Å². The molecule has 0 aliphatic rings. The van der Waals surface area contributed by atoms with Crippen molar-refractivity contribution in [3.63, 3.8) is 0 Å². The van der Waals surface area contributed by atoms with Crippen LogP contribution in [-0.2, 0) is 9.53 Å². The Balaban J connectivity index is 1.91. The van der Waals surface area contributed by atoms with E-state index in [2.05, 4.69) is 17.2 Å². The summed E-state index contributed by atoms with van der Waals surface area (Å²) in [4.78, 5) is 35.7. The van der Waals surface area contributed by atoms with E-state index in [9.17, 15) is 14.4 Å². The summed E-state index contributed by atoms with van der Waals surface area (Å²) in [5, 5.41) is 5.09. The Bertz CT molecular complexity index is 893. The number of amides is 2. The van der Waals surface area contributed by atoms with Crippen molar-refractivity contribution < 1.29 is 28.6 Å². The number of carbonyl (C=O) groups excluding carboxylic acids is 3. The number of carbonyl (C=O) groups is 3. The number of hydrogen-bond donors (Lipinski definition) is 2. The SMILES string of the molecule is C=CCOc1ccc(C(=O)OCC(=O)Nc2ccc(C(=O)NC)cc2)cc1OC. The van der Waals surface area contributed by atoms with Crippen LogP contribution in [0.25, 0.3) is 0 Å². The summed E-state index contributed by atoms with van der Waals surface area (Å²) in [7, 11) is 2.98. The first kappa shape index (κ1) is 21.5. The number of hydrogen-bond acceptors (Lipinski definition) is 6. The van der Waals surface area contributed by atoms with E-state index in [0.717, 1.165) is 0 Å². The summed E-state index contributed by atoms with van der Waals surface area (Å²) in [6.45, 7) is 3.40. The zero-order valence-corrected chi connectivity index (χ0v) is 16.2. The van der Waals surface area contributed by atoms with Crippen LogP contribution in [0.1, 0.15) is 20.7 Å². The Hall–Kier alpha value is -3.81. The lowest BCUT2D eigenvalue weighted by atomic mass is 10.2. The molecule has 2 rings (SSSR count). The predicted molar refractivity (Wildman–Crippen MR) is 107 cm³/mol. The minimum Gasteiger partial charge on any atom is -0.493 e. The van der Waals surface area contributed by atoms with Crippen molar-refractivity contribution in [2.24, 2.45) is 0 Å². The van der Waals surface area contributed by atoms with Crippen molar-refractivity contribution in [3.05, 3.63) is 66.2 Å². The fourth-order valence-corrected chi connectivity index (χ4v) is 2.32. The van der Waals surface area contributed by atoms with E-state index in [1.165, 1.54) is 26.3 Å². The van der Waals surface area contributed by atoms with Crippen molar-refractivity contribution in [1.82, 2.24) is 5.32 Å². The minimum absolute atomic E-state index is 0.218. The number of rotatable bonds is 9. The zero-order valence-electron chi connectivity index (χ0n) is 16.2. The number of anilines is 1. The second-order valence-corrected chi connectivity index (χ2v) is 5.75. The van der Waals surface area contributed by atoms with Crippen LogP contribution in [0.2, 0.25) is 0 Å². The van der Waals surface area contributed by atoms with Crippen LogP contribution in [-0.4, -0.2) is 45.2 Å². The quantitative estimate of drug-likeness (QED) is 0.497. The third kappa shape index (κ3) is 6.10. The molecule has 152 valence electrons. The van der Waals surface area contributed by atoms with Crippen LogP contribution in [0.15, 0.2) is 55.1 Å². The molecule has 0 aliphatic heterocycles. The summed E-state index contributed by atoms with van der Waals surface area (Å²) in [6, 6.07) is 10.9. The Kier molecular flexibility index (Phi) is 7.78. The highest BCUT2D eigenvalue weighted by molar-refractivity contribution is 5.97. The predicted octanol–water partition coefficient (Wildman–Crippen LogP) is 2.42. The van der Waals surface area contributed by atoms with E-state index in [1.807, 2.05) is 0 Å². The molecule has 2 aromatic carbocycles. The van der Waals surface area contributed by atoms with Gasteiger partial charge in [0.15, 0.2) is 18.1 Å². The third-order valence-corrected chi connectivity index (χ3v) is 3.75. The highest BCUT2D eigenvalue weighted by Crippen LogP contribution is 2.28. The number of methoxy groups -OCH3 is 1. The van der Waals surface area contributed by atoms with Gasteiger partial charge in [-0.1, -0.05) is 12.7 Å². The molecule has 0 fully saturated rings. The maximum absolute atomic E-state index is 12.2. The Morgan fingerprint density at radius 2 is 1.72 bits per heavy atom. The van der Waals surface area contributed by atoms with Gasteiger partial charge in [-0.05, 0) is 42.5 Å². The maximum atomic E-state index is 12.2. The van der Waals surface area contributed by atoms with Gasteiger partial charge in [0.2, 0.25) is 0 Å². The Morgan fingerprint density at radius 1 is 1.03 bits per heavy atom. The van der Waals surface area contributed by atoms with Crippen molar-refractivity contribution >= 4 is 23.5 Å². The highest BCUT2D eigenvalue weighted by atomic mass is 16.5. The summed E-state index contributed by atoms with van der Waals surface area (Å²) in [5.41, 5.74) is 1.16. The van der Waals surface area contributed by atoms with Crippen molar-refractivity contribution in [3.8, 4) is 11.5 Å². The van der Waals surface area contributed by atoms with Crippen LogP contribution >= 0.6 is 0 Å². The van der Waals surface area contributed by atoms with Crippen molar-refractivity contribution in [1.29, 1.82) is 0 Å². The fourth-order valence-electron chi connectivity index (χ4n) is 2.32. The first-order valence-electron chi connectivity index (χ1n) is 8.69. The Morgan fingerprint density at radius 3 is 2.34 bits per heavy atom. The summed E-state index contributed by atoms with van der Waals surface area (Å²) < 4.78 is 15.7. The monoisotopic (exact) mass is 398 g/mol. The molecule has 8 nitrogen and oxygen atoms in total. The first-order valence-corrected chi connectivity index (χ1v) is 8.69. The maximum Gasteiger partial charge on any atom is 0.338 e. The van der Waals surface area contributed by atoms with Crippen LogP contribution in [0.3, 0.4) is 0 Å². The number of esters is 1. The molecule has 2 aromatic rings. The molecule has 0 aromatic heterocycles. The molecule has 0 aliphatic carbocycles. The molecule has 0 bridgehead atoms. The summed E-state index contributed by atoms with van der Waals surface area (Å²) in [5.74, 6) is -0.593. The molecule has 0 spiro atoms. The van der Waals surface area contributed by atoms with E-state index in [0.29, 0.717) is 29.4 Å². The molecule has 2 N–H and O–H groups in total. The second kappa shape index (κ2) is 10.5. The van der Waals surface area contributed by atoms with E-state index in [4.69, 9.17) is 14.2 Å². The Labute approximate surface area is 168 Å². The smallest absolute Gasteiger partial charge is 0.338 e. The molecule has 0 radical (unpaired) electrons. The van der Waals surface area contributed by atoms with Crippen molar-refractivity contribution in [2.75, 3.05) is 32.7 Å². The largest absolute Gasteiger partial charge is 0.493 e. The average Bonchev–Trinajstić information content (AvgIpc) is 2.75. The highest BCUT2D eigenvalue weighted by Gasteiger charge is 2.14. The van der Waals surface area contributed by atoms with Gasteiger partial charge in [0, 0.05) is 18.3 Å². The molecule has 0 saturated carbocycles. The molecule has 0 atom stereocenters. The molecule has 0 heterocycles. The molecular formula is C21H22N2O6. The van der Waals surface area contributed by atoms with E-state index in [1.54, 1.807) is 36.4 Å². The van der Waals surface area contributed by atoms with Crippen LogP contribution in [0, 0.1) is 0 Å². The standard InChI is InChI=1S/C21H22N2O6/c1-4-11-28-17-10-7-15(12-18(17)27-3)21(26)29-13-19(24)23-16-8-5-14(6-9-16)20(25)22-2/h4-10,12H,1,11,13H2,2-3H3,(H,22,25)(H,23,24). The van der Waals surface area contributed by atoms with E-state index >= 15 is 0 Å². The van der Waals surface area contributed by atoms with Crippen LogP contribution in [0.4, 0.5) is 5.69 Å². The number of nitrogens with one attached hydrogen (secondary N) is 2. The molecule has 29 heavy (non-hydrogen) atoms. The van der Waals surface area contributed by atoms with Gasteiger partial charge in [0.1, 0.15) is 6.61 Å². The molecular weight excluding hydrogens is 376 g/mol. The normalized spacial score (nSPS) is 9.86. The van der Waals surface area contributed by atoms with E-state index < -0.39 is 18.5 Å². The molecule has 0 unspecified atom stereocenters. The van der Waals surface area contributed by atoms with Gasteiger partial charge in [-0.3, -0.25) is 9.59 Å². The first-order chi connectivity index (χ1) is 14.0. The molecule has 2 amide bonds.